The van der Waals surface area contributed by atoms with Crippen molar-refractivity contribution < 1.29 is 13.2 Å². The molecule has 0 atom stereocenters. The number of benzene rings is 1. The van der Waals surface area contributed by atoms with Gasteiger partial charge in [0.1, 0.15) is 0 Å². The fraction of sp³-hybridized carbons (Fsp3) is 0.333. The van der Waals surface area contributed by atoms with E-state index in [1.165, 1.54) is 6.08 Å². The topological polar surface area (TPSA) is 95.2 Å². The van der Waals surface area contributed by atoms with Crippen molar-refractivity contribution in [2.45, 2.75) is 24.6 Å². The SMILES string of the molecule is O=C(/C=C/c1ccc(Cl)cc1)N1CCC(S(=O)(=O)NCc2ccn[nH]2)CC1. The second-order valence-electron chi connectivity index (χ2n) is 6.36. The summed E-state index contributed by atoms with van der Waals surface area (Å²) in [6.45, 7) is 1.02. The number of halogens is 1. The Bertz CT molecular complexity index is 887. The number of carbonyl (C=O) groups excluding carboxylic acids is 1. The van der Waals surface area contributed by atoms with Crippen molar-refractivity contribution >= 4 is 33.6 Å². The van der Waals surface area contributed by atoms with E-state index in [0.717, 1.165) is 5.56 Å². The fourth-order valence-corrected chi connectivity index (χ4v) is 4.46. The highest BCUT2D eigenvalue weighted by Crippen LogP contribution is 2.18. The number of carbonyl (C=O) groups is 1. The van der Waals surface area contributed by atoms with Crippen LogP contribution in [0.4, 0.5) is 0 Å². The van der Waals surface area contributed by atoms with E-state index in [2.05, 4.69) is 14.9 Å². The van der Waals surface area contributed by atoms with E-state index in [1.54, 1.807) is 35.4 Å². The van der Waals surface area contributed by atoms with E-state index in [0.29, 0.717) is 36.6 Å². The second kappa shape index (κ2) is 8.69. The lowest BCUT2D eigenvalue weighted by Crippen LogP contribution is -2.45. The molecular formula is C18H21ClN4O3S. The van der Waals surface area contributed by atoms with E-state index in [4.69, 9.17) is 11.6 Å². The molecule has 2 heterocycles. The van der Waals surface area contributed by atoms with E-state index >= 15 is 0 Å². The molecule has 7 nitrogen and oxygen atoms in total. The van der Waals surface area contributed by atoms with Crippen LogP contribution in [0, 0.1) is 0 Å². The Labute approximate surface area is 163 Å². The molecule has 0 unspecified atom stereocenters. The minimum atomic E-state index is -3.43. The first-order valence-corrected chi connectivity index (χ1v) is 10.6. The monoisotopic (exact) mass is 408 g/mol. The Kier molecular flexibility index (Phi) is 6.30. The highest BCUT2D eigenvalue weighted by molar-refractivity contribution is 7.90. The standard InChI is InChI=1S/C18H21ClN4O3S/c19-15-4-1-14(2-5-15)3-6-18(24)23-11-8-17(9-12-23)27(25,26)21-13-16-7-10-20-22-16/h1-7,10,17,21H,8-9,11-13H2,(H,20,22)/b6-3+. The summed E-state index contributed by atoms with van der Waals surface area (Å²) in [4.78, 5) is 14.0. The number of piperidine rings is 1. The number of likely N-dealkylation sites (tertiary alicyclic amines) is 1. The number of hydrogen-bond acceptors (Lipinski definition) is 4. The Balaban J connectivity index is 1.50. The zero-order chi connectivity index (χ0) is 19.3. The molecule has 0 saturated carbocycles. The molecule has 0 bridgehead atoms. The van der Waals surface area contributed by atoms with E-state index < -0.39 is 15.3 Å². The molecule has 144 valence electrons. The number of amides is 1. The third-order valence-corrected chi connectivity index (χ3v) is 6.65. The lowest BCUT2D eigenvalue weighted by atomic mass is 10.1. The second-order valence-corrected chi connectivity index (χ2v) is 8.84. The minimum absolute atomic E-state index is 0.119. The first-order chi connectivity index (χ1) is 12.9. The number of nitrogens with one attached hydrogen (secondary N) is 2. The molecule has 1 fully saturated rings. The third kappa shape index (κ3) is 5.41. The van der Waals surface area contributed by atoms with Crippen molar-refractivity contribution in [3.63, 3.8) is 0 Å². The molecule has 9 heteroatoms. The lowest BCUT2D eigenvalue weighted by Gasteiger charge is -2.31. The summed E-state index contributed by atoms with van der Waals surface area (Å²) in [5.74, 6) is -0.119. The molecule has 1 aromatic carbocycles. The van der Waals surface area contributed by atoms with Crippen molar-refractivity contribution in [2.75, 3.05) is 13.1 Å². The van der Waals surface area contributed by atoms with Gasteiger partial charge < -0.3 is 4.90 Å². The molecule has 0 spiro atoms. The van der Waals surface area contributed by atoms with Crippen molar-refractivity contribution in [3.8, 4) is 0 Å². The van der Waals surface area contributed by atoms with Crippen molar-refractivity contribution in [1.29, 1.82) is 0 Å². The molecule has 27 heavy (non-hydrogen) atoms. The van der Waals surface area contributed by atoms with Gasteiger partial charge in [-0.2, -0.15) is 5.10 Å². The first kappa shape index (κ1) is 19.6. The van der Waals surface area contributed by atoms with Crippen LogP contribution in [0.25, 0.3) is 6.08 Å². The molecule has 1 aromatic heterocycles. The van der Waals surface area contributed by atoms with Crippen LogP contribution in [0.15, 0.2) is 42.6 Å². The molecule has 0 radical (unpaired) electrons. The predicted octanol–water partition coefficient (Wildman–Crippen LogP) is 2.19. The minimum Gasteiger partial charge on any atom is -0.339 e. The van der Waals surface area contributed by atoms with E-state index in [9.17, 15) is 13.2 Å². The van der Waals surface area contributed by atoms with Gasteiger partial charge in [0, 0.05) is 30.4 Å². The summed E-state index contributed by atoms with van der Waals surface area (Å²) in [5.41, 5.74) is 1.59. The number of H-pyrrole nitrogens is 1. The van der Waals surface area contributed by atoms with E-state index in [1.807, 2.05) is 12.1 Å². The lowest BCUT2D eigenvalue weighted by molar-refractivity contribution is -0.126. The van der Waals surface area contributed by atoms with Crippen LogP contribution in [0.1, 0.15) is 24.1 Å². The van der Waals surface area contributed by atoms with Crippen LogP contribution in [-0.2, 0) is 21.4 Å². The highest BCUT2D eigenvalue weighted by Gasteiger charge is 2.30. The third-order valence-electron chi connectivity index (χ3n) is 4.50. The summed E-state index contributed by atoms with van der Waals surface area (Å²) in [6.07, 6.45) is 5.64. The largest absolute Gasteiger partial charge is 0.339 e. The zero-order valence-corrected chi connectivity index (χ0v) is 16.2. The number of sulfonamides is 1. The van der Waals surface area contributed by atoms with Crippen LogP contribution in [0.5, 0.6) is 0 Å². The van der Waals surface area contributed by atoms with Gasteiger partial charge in [0.25, 0.3) is 0 Å². The maximum Gasteiger partial charge on any atom is 0.246 e. The summed E-state index contributed by atoms with van der Waals surface area (Å²) < 4.78 is 27.4. The smallest absolute Gasteiger partial charge is 0.246 e. The molecular weight excluding hydrogens is 388 g/mol. The van der Waals surface area contributed by atoms with Gasteiger partial charge in [-0.05, 0) is 42.7 Å². The van der Waals surface area contributed by atoms with Gasteiger partial charge in [-0.15, -0.1) is 0 Å². The Morgan fingerprint density at radius 3 is 2.59 bits per heavy atom. The normalized spacial score (nSPS) is 16.1. The summed E-state index contributed by atoms with van der Waals surface area (Å²) in [5, 5.41) is 6.66. The quantitative estimate of drug-likeness (QED) is 0.716. The zero-order valence-electron chi connectivity index (χ0n) is 14.6. The number of rotatable bonds is 6. The molecule has 1 aliphatic rings. The van der Waals surface area contributed by atoms with Crippen LogP contribution in [-0.4, -0.2) is 47.8 Å². The van der Waals surface area contributed by atoms with Gasteiger partial charge >= 0.3 is 0 Å². The average Bonchev–Trinajstić information content (AvgIpc) is 3.20. The van der Waals surface area contributed by atoms with Gasteiger partial charge in [0.15, 0.2) is 0 Å². The fourth-order valence-electron chi connectivity index (χ4n) is 2.91. The molecule has 1 saturated heterocycles. The van der Waals surface area contributed by atoms with Gasteiger partial charge in [-0.25, -0.2) is 13.1 Å². The molecule has 0 aliphatic carbocycles. The maximum atomic E-state index is 12.4. The molecule has 2 aromatic rings. The number of nitrogens with zero attached hydrogens (tertiary/aromatic N) is 2. The summed E-state index contributed by atoms with van der Waals surface area (Å²) in [7, 11) is -3.43. The van der Waals surface area contributed by atoms with Crippen LogP contribution < -0.4 is 4.72 Å². The van der Waals surface area contributed by atoms with Crippen LogP contribution in [0.3, 0.4) is 0 Å². The number of hydrogen-bond donors (Lipinski definition) is 2. The molecule has 3 rings (SSSR count). The van der Waals surface area contributed by atoms with Crippen LogP contribution in [0.2, 0.25) is 5.02 Å². The molecule has 2 N–H and O–H groups in total. The van der Waals surface area contributed by atoms with Crippen LogP contribution >= 0.6 is 11.6 Å². The summed E-state index contributed by atoms with van der Waals surface area (Å²) in [6, 6.07) is 8.90. The van der Waals surface area contributed by atoms with Crippen molar-refractivity contribution in [3.05, 3.63) is 58.9 Å². The van der Waals surface area contributed by atoms with Crippen molar-refractivity contribution in [1.82, 2.24) is 19.8 Å². The average molecular weight is 409 g/mol. The highest BCUT2D eigenvalue weighted by atomic mass is 35.5. The maximum absolute atomic E-state index is 12.4. The molecule has 1 aliphatic heterocycles. The predicted molar refractivity (Wildman–Crippen MR) is 104 cm³/mol. The van der Waals surface area contributed by atoms with Gasteiger partial charge in [0.2, 0.25) is 15.9 Å². The molecule has 1 amide bonds. The van der Waals surface area contributed by atoms with Gasteiger partial charge in [-0.1, -0.05) is 23.7 Å². The Hall–Kier alpha value is -2.16. The van der Waals surface area contributed by atoms with Crippen molar-refractivity contribution in [2.24, 2.45) is 0 Å². The number of aromatic nitrogens is 2. The Morgan fingerprint density at radius 1 is 1.26 bits per heavy atom. The Morgan fingerprint density at radius 2 is 1.96 bits per heavy atom. The van der Waals surface area contributed by atoms with Gasteiger partial charge in [-0.3, -0.25) is 9.89 Å². The van der Waals surface area contributed by atoms with Gasteiger partial charge in [0.05, 0.1) is 17.5 Å². The van der Waals surface area contributed by atoms with E-state index in [-0.39, 0.29) is 12.5 Å². The first-order valence-electron chi connectivity index (χ1n) is 8.63. The number of aromatic amines is 1. The summed E-state index contributed by atoms with van der Waals surface area (Å²) >= 11 is 5.84.